The number of furan rings is 1. The van der Waals surface area contributed by atoms with E-state index in [0.29, 0.717) is 0 Å². The Bertz CT molecular complexity index is 2880. The second kappa shape index (κ2) is 11.2. The molecule has 8 aromatic carbocycles. The summed E-state index contributed by atoms with van der Waals surface area (Å²) in [4.78, 5) is 0. The normalized spacial score (nSPS) is 11.7. The van der Waals surface area contributed by atoms with Crippen molar-refractivity contribution in [3.63, 3.8) is 0 Å². The molecule has 0 bridgehead atoms. The van der Waals surface area contributed by atoms with Crippen LogP contribution in [0.2, 0.25) is 0 Å². The third-order valence-electron chi connectivity index (χ3n) is 9.67. The molecular weight excluding hydrogens is 615 g/mol. The van der Waals surface area contributed by atoms with Crippen molar-refractivity contribution >= 4 is 75.6 Å². The molecule has 2 nitrogen and oxygen atoms in total. The van der Waals surface area contributed by atoms with Gasteiger partial charge in [0.2, 0.25) is 0 Å². The summed E-state index contributed by atoms with van der Waals surface area (Å²) in [6.07, 6.45) is 0. The first-order valence-electron chi connectivity index (χ1n) is 16.6. The van der Waals surface area contributed by atoms with Crippen molar-refractivity contribution in [3.8, 4) is 33.4 Å². The zero-order valence-electron chi connectivity index (χ0n) is 26.5. The highest BCUT2D eigenvalue weighted by Gasteiger charge is 2.18. The van der Waals surface area contributed by atoms with Crippen molar-refractivity contribution in [2.75, 3.05) is 5.32 Å². The number of fused-ring (bicyclic) bond motifs is 7. The Kier molecular flexibility index (Phi) is 6.39. The van der Waals surface area contributed by atoms with Gasteiger partial charge in [0.15, 0.2) is 0 Å². The van der Waals surface area contributed by atoms with E-state index in [1.54, 1.807) is 0 Å². The molecule has 49 heavy (non-hydrogen) atoms. The molecule has 0 fully saturated rings. The van der Waals surface area contributed by atoms with Crippen LogP contribution in [-0.2, 0) is 0 Å². The molecule has 0 radical (unpaired) electrons. The molecule has 3 heteroatoms. The molecule has 2 heterocycles. The zero-order valence-corrected chi connectivity index (χ0v) is 27.3. The average molecular weight is 644 g/mol. The summed E-state index contributed by atoms with van der Waals surface area (Å²) in [7, 11) is 0. The molecule has 0 aliphatic carbocycles. The lowest BCUT2D eigenvalue weighted by Crippen LogP contribution is -1.94. The lowest BCUT2D eigenvalue weighted by molar-refractivity contribution is 0.669. The van der Waals surface area contributed by atoms with Crippen LogP contribution >= 0.6 is 11.3 Å². The fourth-order valence-electron chi connectivity index (χ4n) is 7.42. The lowest BCUT2D eigenvalue weighted by atomic mass is 9.94. The second-order valence-electron chi connectivity index (χ2n) is 12.5. The summed E-state index contributed by atoms with van der Waals surface area (Å²) in [5.74, 6) is 0. The van der Waals surface area contributed by atoms with Gasteiger partial charge in [0.25, 0.3) is 0 Å². The van der Waals surface area contributed by atoms with Crippen LogP contribution in [0.15, 0.2) is 174 Å². The van der Waals surface area contributed by atoms with Crippen molar-refractivity contribution in [1.29, 1.82) is 0 Å². The van der Waals surface area contributed by atoms with E-state index in [-0.39, 0.29) is 0 Å². The highest BCUT2D eigenvalue weighted by atomic mass is 32.1. The average Bonchev–Trinajstić information content (AvgIpc) is 3.74. The van der Waals surface area contributed by atoms with Gasteiger partial charge in [-0.25, -0.2) is 0 Å². The largest absolute Gasteiger partial charge is 0.456 e. The van der Waals surface area contributed by atoms with Crippen molar-refractivity contribution in [2.24, 2.45) is 0 Å². The van der Waals surface area contributed by atoms with Gasteiger partial charge in [-0.1, -0.05) is 121 Å². The Morgan fingerprint density at radius 1 is 0.388 bits per heavy atom. The third-order valence-corrected chi connectivity index (χ3v) is 10.8. The second-order valence-corrected chi connectivity index (χ2v) is 13.6. The van der Waals surface area contributed by atoms with Crippen LogP contribution in [0.5, 0.6) is 0 Å². The molecule has 0 atom stereocenters. The van der Waals surface area contributed by atoms with E-state index in [2.05, 4.69) is 175 Å². The number of anilines is 2. The maximum atomic E-state index is 6.53. The van der Waals surface area contributed by atoms with E-state index >= 15 is 0 Å². The van der Waals surface area contributed by atoms with Crippen LogP contribution in [0.1, 0.15) is 0 Å². The van der Waals surface area contributed by atoms with Crippen LogP contribution in [0.3, 0.4) is 0 Å². The molecule has 0 unspecified atom stereocenters. The number of nitrogens with one attached hydrogen (secondary N) is 1. The van der Waals surface area contributed by atoms with E-state index in [1.807, 2.05) is 11.3 Å². The molecule has 0 amide bonds. The standard InChI is InChI=1S/C46H29NOS/c1-2-12-30-27-32(26-25-29(30)11-1)31-13-7-14-33(28-31)34-17-8-21-40-45(34)46-39(20-10-22-41(46)48-40)47-38-19-5-3-15-35(38)36-18-9-24-43-44(36)37-16-4-6-23-42(37)49-43/h1-28,47H. The third kappa shape index (κ3) is 4.62. The van der Waals surface area contributed by atoms with Gasteiger partial charge in [-0.3, -0.25) is 0 Å². The SMILES string of the molecule is c1cc(-c2ccc3ccccc3c2)cc(-c2cccc3oc4cccc(Nc5ccccc5-c5cccc6sc7ccccc7c56)c4c23)c1. The van der Waals surface area contributed by atoms with Crippen molar-refractivity contribution in [3.05, 3.63) is 170 Å². The van der Waals surface area contributed by atoms with Crippen molar-refractivity contribution in [1.82, 2.24) is 0 Å². The first-order valence-corrected chi connectivity index (χ1v) is 17.4. The van der Waals surface area contributed by atoms with Crippen molar-refractivity contribution in [2.45, 2.75) is 0 Å². The van der Waals surface area contributed by atoms with E-state index in [4.69, 9.17) is 4.42 Å². The van der Waals surface area contributed by atoms with Gasteiger partial charge >= 0.3 is 0 Å². The quantitative estimate of drug-likeness (QED) is 0.202. The summed E-state index contributed by atoms with van der Waals surface area (Å²) < 4.78 is 9.13. The fourth-order valence-corrected chi connectivity index (χ4v) is 8.55. The van der Waals surface area contributed by atoms with Gasteiger partial charge in [0, 0.05) is 36.8 Å². The predicted molar refractivity (Wildman–Crippen MR) is 210 cm³/mol. The van der Waals surface area contributed by atoms with Gasteiger partial charge in [0.1, 0.15) is 11.2 Å². The maximum Gasteiger partial charge on any atom is 0.137 e. The van der Waals surface area contributed by atoms with Crippen LogP contribution < -0.4 is 5.32 Å². The van der Waals surface area contributed by atoms with Gasteiger partial charge < -0.3 is 9.73 Å². The minimum Gasteiger partial charge on any atom is -0.456 e. The Balaban J connectivity index is 1.12. The Morgan fingerprint density at radius 2 is 1.04 bits per heavy atom. The molecule has 230 valence electrons. The molecule has 0 spiro atoms. The first kappa shape index (κ1) is 27.9. The van der Waals surface area contributed by atoms with Gasteiger partial charge in [-0.2, -0.15) is 0 Å². The van der Waals surface area contributed by atoms with E-state index < -0.39 is 0 Å². The summed E-state index contributed by atoms with van der Waals surface area (Å²) in [6.45, 7) is 0. The lowest BCUT2D eigenvalue weighted by Gasteiger charge is -2.15. The number of benzene rings is 8. The van der Waals surface area contributed by atoms with Gasteiger partial charge in [-0.05, 0) is 87.1 Å². The first-order chi connectivity index (χ1) is 24.3. The highest BCUT2D eigenvalue weighted by molar-refractivity contribution is 7.25. The summed E-state index contributed by atoms with van der Waals surface area (Å²) >= 11 is 1.85. The molecule has 0 saturated carbocycles. The fraction of sp³-hybridized carbons (Fsp3) is 0. The van der Waals surface area contributed by atoms with E-state index in [0.717, 1.165) is 44.4 Å². The van der Waals surface area contributed by atoms with Crippen LogP contribution in [0, 0.1) is 0 Å². The summed E-state index contributed by atoms with van der Waals surface area (Å²) in [6, 6.07) is 60.8. The van der Waals surface area contributed by atoms with Gasteiger partial charge in [0.05, 0.1) is 11.1 Å². The molecule has 2 aromatic heterocycles. The number of hydrogen-bond donors (Lipinski definition) is 1. The topological polar surface area (TPSA) is 25.2 Å². The zero-order chi connectivity index (χ0) is 32.3. The van der Waals surface area contributed by atoms with Crippen LogP contribution in [0.4, 0.5) is 11.4 Å². The minimum absolute atomic E-state index is 0.863. The Labute approximate surface area is 287 Å². The molecule has 0 aliphatic rings. The predicted octanol–water partition coefficient (Wildman–Crippen LogP) is 13.9. The molecule has 0 saturated heterocycles. The number of thiophene rings is 1. The molecule has 10 rings (SSSR count). The number of rotatable bonds is 5. The smallest absolute Gasteiger partial charge is 0.137 e. The monoisotopic (exact) mass is 643 g/mol. The number of hydrogen-bond acceptors (Lipinski definition) is 3. The van der Waals surface area contributed by atoms with E-state index in [9.17, 15) is 0 Å². The van der Waals surface area contributed by atoms with Crippen molar-refractivity contribution < 1.29 is 4.42 Å². The Hall–Kier alpha value is -6.16. The Morgan fingerprint density at radius 3 is 2.00 bits per heavy atom. The highest BCUT2D eigenvalue weighted by Crippen LogP contribution is 2.45. The van der Waals surface area contributed by atoms with Gasteiger partial charge in [-0.15, -0.1) is 11.3 Å². The summed E-state index contributed by atoms with van der Waals surface area (Å²) in [5, 5.41) is 11.2. The molecule has 10 aromatic rings. The van der Waals surface area contributed by atoms with Crippen LogP contribution in [0.25, 0.3) is 86.3 Å². The molecular formula is C46H29NOS. The molecule has 0 aliphatic heterocycles. The van der Waals surface area contributed by atoms with E-state index in [1.165, 1.54) is 53.2 Å². The molecule has 1 N–H and O–H groups in total. The summed E-state index contributed by atoms with van der Waals surface area (Å²) in [5.41, 5.74) is 10.9. The maximum absolute atomic E-state index is 6.53. The minimum atomic E-state index is 0.863. The number of para-hydroxylation sites is 1. The van der Waals surface area contributed by atoms with Crippen LogP contribution in [-0.4, -0.2) is 0 Å².